The first-order chi connectivity index (χ1) is 14.1. The number of anilines is 1. The maximum absolute atomic E-state index is 12.5. The summed E-state index contributed by atoms with van der Waals surface area (Å²) in [7, 11) is 0. The SMILES string of the molecule is O=C(O)c1cccc(C(=O)N[C@H]2CC[C@@H](Nc3ccc4ccccc4n3)CC2)c1. The summed E-state index contributed by atoms with van der Waals surface area (Å²) in [5.41, 5.74) is 1.47. The summed E-state index contributed by atoms with van der Waals surface area (Å²) in [6, 6.07) is 18.7. The van der Waals surface area contributed by atoms with E-state index >= 15 is 0 Å². The third kappa shape index (κ3) is 4.54. The molecule has 6 nitrogen and oxygen atoms in total. The van der Waals surface area contributed by atoms with E-state index in [9.17, 15) is 9.59 Å². The topological polar surface area (TPSA) is 91.3 Å². The third-order valence-corrected chi connectivity index (χ3v) is 5.38. The average Bonchev–Trinajstić information content (AvgIpc) is 2.75. The van der Waals surface area contributed by atoms with E-state index in [4.69, 9.17) is 5.11 Å². The number of benzene rings is 2. The number of nitrogens with zero attached hydrogens (tertiary/aromatic N) is 1. The van der Waals surface area contributed by atoms with Crippen molar-refractivity contribution in [3.8, 4) is 0 Å². The van der Waals surface area contributed by atoms with Crippen molar-refractivity contribution in [3.63, 3.8) is 0 Å². The molecular formula is C23H23N3O3. The molecule has 2 aromatic carbocycles. The van der Waals surface area contributed by atoms with E-state index in [1.165, 1.54) is 12.1 Å². The number of pyridine rings is 1. The van der Waals surface area contributed by atoms with Crippen molar-refractivity contribution in [2.75, 3.05) is 5.32 Å². The lowest BCUT2D eigenvalue weighted by Crippen LogP contribution is -2.40. The van der Waals surface area contributed by atoms with Crippen LogP contribution in [-0.4, -0.2) is 34.1 Å². The molecule has 6 heteroatoms. The fourth-order valence-corrected chi connectivity index (χ4v) is 3.80. The van der Waals surface area contributed by atoms with E-state index in [0.717, 1.165) is 42.4 Å². The van der Waals surface area contributed by atoms with Gasteiger partial charge in [0.1, 0.15) is 5.82 Å². The largest absolute Gasteiger partial charge is 0.478 e. The van der Waals surface area contributed by atoms with E-state index in [1.807, 2.05) is 30.3 Å². The van der Waals surface area contributed by atoms with E-state index in [2.05, 4.69) is 21.7 Å². The average molecular weight is 389 g/mol. The monoisotopic (exact) mass is 389 g/mol. The van der Waals surface area contributed by atoms with Gasteiger partial charge >= 0.3 is 5.97 Å². The smallest absolute Gasteiger partial charge is 0.335 e. The number of nitrogens with one attached hydrogen (secondary N) is 2. The summed E-state index contributed by atoms with van der Waals surface area (Å²) in [4.78, 5) is 28.2. The molecule has 1 heterocycles. The zero-order valence-electron chi connectivity index (χ0n) is 16.0. The number of carbonyl (C=O) groups excluding carboxylic acids is 1. The maximum atomic E-state index is 12.5. The normalized spacial score (nSPS) is 18.9. The van der Waals surface area contributed by atoms with Crippen molar-refractivity contribution >= 4 is 28.6 Å². The summed E-state index contributed by atoms with van der Waals surface area (Å²) in [6.45, 7) is 0. The molecule has 0 bridgehead atoms. The number of hydrogen-bond donors (Lipinski definition) is 3. The van der Waals surface area contributed by atoms with Gasteiger partial charge in [-0.2, -0.15) is 0 Å². The van der Waals surface area contributed by atoms with Gasteiger partial charge in [0.2, 0.25) is 0 Å². The minimum absolute atomic E-state index is 0.0959. The van der Waals surface area contributed by atoms with E-state index < -0.39 is 5.97 Å². The molecular weight excluding hydrogens is 366 g/mol. The second-order valence-electron chi connectivity index (χ2n) is 7.44. The third-order valence-electron chi connectivity index (χ3n) is 5.38. The lowest BCUT2D eigenvalue weighted by atomic mass is 9.91. The summed E-state index contributed by atoms with van der Waals surface area (Å²) in [5.74, 6) is -0.379. The van der Waals surface area contributed by atoms with Crippen LogP contribution in [0.3, 0.4) is 0 Å². The fraction of sp³-hybridized carbons (Fsp3) is 0.261. The molecule has 0 radical (unpaired) electrons. The Hall–Kier alpha value is -3.41. The van der Waals surface area contributed by atoms with Crippen LogP contribution in [0.2, 0.25) is 0 Å². The zero-order chi connectivity index (χ0) is 20.2. The molecule has 0 saturated heterocycles. The predicted molar refractivity (Wildman–Crippen MR) is 112 cm³/mol. The van der Waals surface area contributed by atoms with Crippen molar-refractivity contribution in [3.05, 3.63) is 71.8 Å². The van der Waals surface area contributed by atoms with Crippen LogP contribution in [0.15, 0.2) is 60.7 Å². The second-order valence-corrected chi connectivity index (χ2v) is 7.44. The Morgan fingerprint density at radius 3 is 2.38 bits per heavy atom. The van der Waals surface area contributed by atoms with Gasteiger partial charge in [0.15, 0.2) is 0 Å². The first kappa shape index (κ1) is 18.9. The lowest BCUT2D eigenvalue weighted by Gasteiger charge is -2.30. The molecule has 1 aliphatic rings. The number of para-hydroxylation sites is 1. The molecule has 29 heavy (non-hydrogen) atoms. The summed E-state index contributed by atoms with van der Waals surface area (Å²) >= 11 is 0. The van der Waals surface area contributed by atoms with Crippen LogP contribution in [0.25, 0.3) is 10.9 Å². The number of carboxylic acid groups (broad SMARTS) is 1. The Balaban J connectivity index is 1.31. The van der Waals surface area contributed by atoms with Crippen LogP contribution in [0.5, 0.6) is 0 Å². The highest BCUT2D eigenvalue weighted by Crippen LogP contribution is 2.23. The van der Waals surface area contributed by atoms with Gasteiger partial charge in [-0.05, 0) is 62.1 Å². The molecule has 1 aliphatic carbocycles. The fourth-order valence-electron chi connectivity index (χ4n) is 3.80. The summed E-state index contributed by atoms with van der Waals surface area (Å²) < 4.78 is 0. The highest BCUT2D eigenvalue weighted by molar-refractivity contribution is 5.97. The Morgan fingerprint density at radius 1 is 0.862 bits per heavy atom. The molecule has 1 fully saturated rings. The van der Waals surface area contributed by atoms with Gasteiger partial charge in [0.05, 0.1) is 11.1 Å². The van der Waals surface area contributed by atoms with Gasteiger partial charge in [-0.25, -0.2) is 9.78 Å². The minimum Gasteiger partial charge on any atom is -0.478 e. The van der Waals surface area contributed by atoms with Crippen LogP contribution in [-0.2, 0) is 0 Å². The van der Waals surface area contributed by atoms with Crippen LogP contribution in [0.1, 0.15) is 46.4 Å². The van der Waals surface area contributed by atoms with Crippen molar-refractivity contribution in [2.45, 2.75) is 37.8 Å². The van der Waals surface area contributed by atoms with Crippen LogP contribution < -0.4 is 10.6 Å². The Bertz CT molecular complexity index is 1040. The maximum Gasteiger partial charge on any atom is 0.335 e. The Kier molecular flexibility index (Phi) is 5.42. The van der Waals surface area contributed by atoms with Crippen molar-refractivity contribution in [2.24, 2.45) is 0 Å². The number of aromatic nitrogens is 1. The Morgan fingerprint density at radius 2 is 1.59 bits per heavy atom. The molecule has 3 N–H and O–H groups in total. The number of rotatable bonds is 5. The molecule has 1 aromatic heterocycles. The lowest BCUT2D eigenvalue weighted by molar-refractivity contribution is 0.0697. The summed E-state index contributed by atoms with van der Waals surface area (Å²) in [5, 5.41) is 16.7. The van der Waals surface area contributed by atoms with Gasteiger partial charge in [0, 0.05) is 23.0 Å². The molecule has 1 saturated carbocycles. The molecule has 148 valence electrons. The van der Waals surface area contributed by atoms with E-state index in [-0.39, 0.29) is 17.5 Å². The number of hydrogen-bond acceptors (Lipinski definition) is 4. The molecule has 4 rings (SSSR count). The van der Waals surface area contributed by atoms with Gasteiger partial charge in [0.25, 0.3) is 5.91 Å². The molecule has 3 aromatic rings. The molecule has 0 unspecified atom stereocenters. The number of fused-ring (bicyclic) bond motifs is 1. The number of aromatic carboxylic acids is 1. The standard InChI is InChI=1S/C23H23N3O3/c27-22(16-5-3-6-17(14-16)23(28)29)25-19-11-9-18(10-12-19)24-21-13-8-15-4-1-2-7-20(15)26-21/h1-8,13-14,18-19H,9-12H2,(H,24,26)(H,25,27)(H,28,29)/t18-,19+. The van der Waals surface area contributed by atoms with Gasteiger partial charge in [-0.1, -0.05) is 24.3 Å². The number of amides is 1. The highest BCUT2D eigenvalue weighted by atomic mass is 16.4. The van der Waals surface area contributed by atoms with Crippen molar-refractivity contribution in [1.82, 2.24) is 10.3 Å². The van der Waals surface area contributed by atoms with Gasteiger partial charge in [-0.3, -0.25) is 4.79 Å². The predicted octanol–water partition coefficient (Wildman–Crippen LogP) is 4.09. The van der Waals surface area contributed by atoms with Crippen molar-refractivity contribution < 1.29 is 14.7 Å². The van der Waals surface area contributed by atoms with Crippen LogP contribution in [0.4, 0.5) is 5.82 Å². The summed E-state index contributed by atoms with van der Waals surface area (Å²) in [6.07, 6.45) is 3.62. The second kappa shape index (κ2) is 8.31. The van der Waals surface area contributed by atoms with E-state index in [1.54, 1.807) is 12.1 Å². The van der Waals surface area contributed by atoms with Crippen LogP contribution in [0, 0.1) is 0 Å². The van der Waals surface area contributed by atoms with Gasteiger partial charge < -0.3 is 15.7 Å². The van der Waals surface area contributed by atoms with E-state index in [0.29, 0.717) is 11.6 Å². The molecule has 0 atom stereocenters. The highest BCUT2D eigenvalue weighted by Gasteiger charge is 2.23. The van der Waals surface area contributed by atoms with Crippen LogP contribution >= 0.6 is 0 Å². The molecule has 0 spiro atoms. The van der Waals surface area contributed by atoms with Gasteiger partial charge in [-0.15, -0.1) is 0 Å². The first-order valence-corrected chi connectivity index (χ1v) is 9.85. The minimum atomic E-state index is -1.03. The number of carboxylic acids is 1. The first-order valence-electron chi connectivity index (χ1n) is 9.85. The number of carbonyl (C=O) groups is 2. The molecule has 1 amide bonds. The molecule has 0 aliphatic heterocycles. The van der Waals surface area contributed by atoms with Crippen molar-refractivity contribution in [1.29, 1.82) is 0 Å². The Labute approximate surface area is 169 Å². The zero-order valence-corrected chi connectivity index (χ0v) is 16.0. The quantitative estimate of drug-likeness (QED) is 0.611.